The van der Waals surface area contributed by atoms with Gasteiger partial charge in [0, 0.05) is 25.2 Å². The average Bonchev–Trinajstić information content (AvgIpc) is 2.45. The highest BCUT2D eigenvalue weighted by Crippen LogP contribution is 2.15. The van der Waals surface area contributed by atoms with Gasteiger partial charge in [0.1, 0.15) is 0 Å². The summed E-state index contributed by atoms with van der Waals surface area (Å²) in [5.74, 6) is 0.306. The lowest BCUT2D eigenvalue weighted by Crippen LogP contribution is -2.51. The van der Waals surface area contributed by atoms with Crippen LogP contribution >= 0.6 is 0 Å². The van der Waals surface area contributed by atoms with Crippen molar-refractivity contribution in [2.45, 2.75) is 65.5 Å². The summed E-state index contributed by atoms with van der Waals surface area (Å²) in [6.07, 6.45) is 4.40. The molecule has 1 fully saturated rings. The molecule has 1 heterocycles. The molecule has 0 aromatic heterocycles. The van der Waals surface area contributed by atoms with Gasteiger partial charge in [0.2, 0.25) is 5.91 Å². The van der Waals surface area contributed by atoms with Gasteiger partial charge in [-0.05, 0) is 52.6 Å². The molecule has 0 saturated carbocycles. The molecule has 1 amide bonds. The molecule has 0 bridgehead atoms. The molecule has 1 N–H and O–H groups in total. The minimum absolute atomic E-state index is 0.306. The van der Waals surface area contributed by atoms with Crippen LogP contribution in [0.15, 0.2) is 0 Å². The maximum atomic E-state index is 12.5. The number of nitrogens with zero attached hydrogens (tertiary/aromatic N) is 2. The van der Waals surface area contributed by atoms with E-state index in [9.17, 15) is 4.79 Å². The summed E-state index contributed by atoms with van der Waals surface area (Å²) in [6.45, 7) is 13.2. The Balaban J connectivity index is 2.60. The molecule has 0 aromatic rings. The highest BCUT2D eigenvalue weighted by Gasteiger charge is 2.26. The second kappa shape index (κ2) is 9.35. The Bertz CT molecular complexity index is 269. The summed E-state index contributed by atoms with van der Waals surface area (Å²) in [5, 5.41) is 3.40. The third-order valence-electron chi connectivity index (χ3n) is 4.10. The van der Waals surface area contributed by atoms with Gasteiger partial charge in [0.15, 0.2) is 0 Å². The molecule has 118 valence electrons. The van der Waals surface area contributed by atoms with Gasteiger partial charge in [0.25, 0.3) is 0 Å². The second-order valence-electron chi connectivity index (χ2n) is 6.13. The lowest BCUT2D eigenvalue weighted by atomic mass is 10.0. The summed E-state index contributed by atoms with van der Waals surface area (Å²) in [7, 11) is 0. The third-order valence-corrected chi connectivity index (χ3v) is 4.10. The Kier molecular flexibility index (Phi) is 8.15. The highest BCUT2D eigenvalue weighted by molar-refractivity contribution is 5.78. The van der Waals surface area contributed by atoms with E-state index in [1.807, 2.05) is 4.90 Å². The van der Waals surface area contributed by atoms with Crippen LogP contribution in [0.5, 0.6) is 0 Å². The van der Waals surface area contributed by atoms with Gasteiger partial charge in [-0.3, -0.25) is 9.69 Å². The first kappa shape index (κ1) is 17.4. The van der Waals surface area contributed by atoms with E-state index in [4.69, 9.17) is 0 Å². The summed E-state index contributed by atoms with van der Waals surface area (Å²) >= 11 is 0. The fourth-order valence-electron chi connectivity index (χ4n) is 3.03. The molecule has 1 aliphatic rings. The molecule has 0 radical (unpaired) electrons. The normalized spacial score (nSPS) is 16.9. The van der Waals surface area contributed by atoms with Gasteiger partial charge in [0.05, 0.1) is 6.54 Å². The van der Waals surface area contributed by atoms with Crippen molar-refractivity contribution in [3.63, 3.8) is 0 Å². The van der Waals surface area contributed by atoms with Gasteiger partial charge in [-0.1, -0.05) is 13.8 Å². The molecule has 0 atom stereocenters. The van der Waals surface area contributed by atoms with Crippen LogP contribution in [0, 0.1) is 0 Å². The van der Waals surface area contributed by atoms with E-state index in [0.717, 1.165) is 51.9 Å². The van der Waals surface area contributed by atoms with E-state index in [1.165, 1.54) is 0 Å². The lowest BCUT2D eigenvalue weighted by molar-refractivity contribution is -0.133. The maximum absolute atomic E-state index is 12.5. The van der Waals surface area contributed by atoms with Gasteiger partial charge in [-0.25, -0.2) is 0 Å². The summed E-state index contributed by atoms with van der Waals surface area (Å²) in [6, 6.07) is 0.998. The topological polar surface area (TPSA) is 35.6 Å². The molecule has 0 unspecified atom stereocenters. The number of hydrogen-bond acceptors (Lipinski definition) is 3. The number of rotatable bonds is 8. The highest BCUT2D eigenvalue weighted by atomic mass is 16.2. The van der Waals surface area contributed by atoms with Crippen LogP contribution in [0.3, 0.4) is 0 Å². The number of hydrogen-bond donors (Lipinski definition) is 1. The molecule has 20 heavy (non-hydrogen) atoms. The van der Waals surface area contributed by atoms with Gasteiger partial charge in [-0.15, -0.1) is 0 Å². The fraction of sp³-hybridized carbons (Fsp3) is 0.938. The summed E-state index contributed by atoms with van der Waals surface area (Å²) < 4.78 is 0. The molecule has 1 aliphatic heterocycles. The van der Waals surface area contributed by atoms with Crippen molar-refractivity contribution >= 4 is 5.91 Å². The number of piperidine rings is 1. The van der Waals surface area contributed by atoms with E-state index < -0.39 is 0 Å². The fourth-order valence-corrected chi connectivity index (χ4v) is 3.03. The van der Waals surface area contributed by atoms with Crippen LogP contribution in [0.1, 0.15) is 53.4 Å². The van der Waals surface area contributed by atoms with Gasteiger partial charge >= 0.3 is 0 Å². The van der Waals surface area contributed by atoms with Crippen molar-refractivity contribution in [1.82, 2.24) is 15.1 Å². The number of carbonyl (C=O) groups is 1. The molecular formula is C16H33N3O. The van der Waals surface area contributed by atoms with Crippen LogP contribution in [0.4, 0.5) is 0 Å². The molecule has 0 spiro atoms. The monoisotopic (exact) mass is 283 g/mol. The predicted octanol–water partition coefficient (Wildman–Crippen LogP) is 2.10. The van der Waals surface area contributed by atoms with Crippen LogP contribution in [-0.2, 0) is 4.79 Å². The zero-order valence-corrected chi connectivity index (χ0v) is 13.8. The average molecular weight is 283 g/mol. The molecule has 4 heteroatoms. The van der Waals surface area contributed by atoms with Crippen molar-refractivity contribution in [2.24, 2.45) is 0 Å². The SMILES string of the molecule is CCCN(CCC)C(=O)CN(C(C)C)C1CCNCC1. The van der Waals surface area contributed by atoms with E-state index in [0.29, 0.717) is 24.5 Å². The molecule has 4 nitrogen and oxygen atoms in total. The predicted molar refractivity (Wildman–Crippen MR) is 84.9 cm³/mol. The molecule has 1 rings (SSSR count). The van der Waals surface area contributed by atoms with Crippen molar-refractivity contribution in [1.29, 1.82) is 0 Å². The van der Waals surface area contributed by atoms with E-state index >= 15 is 0 Å². The van der Waals surface area contributed by atoms with Crippen LogP contribution in [-0.4, -0.2) is 60.5 Å². The third kappa shape index (κ3) is 5.41. The Hall–Kier alpha value is -0.610. The first-order chi connectivity index (χ1) is 9.60. The molecule has 0 aliphatic carbocycles. The van der Waals surface area contributed by atoms with Crippen molar-refractivity contribution < 1.29 is 4.79 Å². The van der Waals surface area contributed by atoms with E-state index in [2.05, 4.69) is 37.9 Å². The Morgan fingerprint density at radius 3 is 2.15 bits per heavy atom. The van der Waals surface area contributed by atoms with Crippen molar-refractivity contribution in [3.05, 3.63) is 0 Å². The van der Waals surface area contributed by atoms with Crippen LogP contribution < -0.4 is 5.32 Å². The second-order valence-corrected chi connectivity index (χ2v) is 6.13. The molecule has 1 saturated heterocycles. The van der Waals surface area contributed by atoms with Crippen molar-refractivity contribution in [3.8, 4) is 0 Å². The van der Waals surface area contributed by atoms with E-state index in [-0.39, 0.29) is 0 Å². The quantitative estimate of drug-likeness (QED) is 0.741. The smallest absolute Gasteiger partial charge is 0.236 e. The minimum Gasteiger partial charge on any atom is -0.342 e. The van der Waals surface area contributed by atoms with E-state index in [1.54, 1.807) is 0 Å². The standard InChI is InChI=1S/C16H33N3O/c1-5-11-18(12-6-2)16(20)13-19(14(3)4)15-7-9-17-10-8-15/h14-15,17H,5-13H2,1-4H3. The summed E-state index contributed by atoms with van der Waals surface area (Å²) in [5.41, 5.74) is 0. The largest absolute Gasteiger partial charge is 0.342 e. The van der Waals surface area contributed by atoms with Crippen LogP contribution in [0.2, 0.25) is 0 Å². The Morgan fingerprint density at radius 1 is 1.15 bits per heavy atom. The first-order valence-electron chi connectivity index (χ1n) is 8.34. The summed E-state index contributed by atoms with van der Waals surface area (Å²) in [4.78, 5) is 17.0. The maximum Gasteiger partial charge on any atom is 0.236 e. The molecule has 0 aromatic carbocycles. The first-order valence-corrected chi connectivity index (χ1v) is 8.34. The Morgan fingerprint density at radius 2 is 1.70 bits per heavy atom. The molecular weight excluding hydrogens is 250 g/mol. The van der Waals surface area contributed by atoms with Gasteiger partial charge in [-0.2, -0.15) is 0 Å². The minimum atomic E-state index is 0.306. The van der Waals surface area contributed by atoms with Crippen LogP contribution in [0.25, 0.3) is 0 Å². The zero-order chi connectivity index (χ0) is 15.0. The van der Waals surface area contributed by atoms with Gasteiger partial charge < -0.3 is 10.2 Å². The lowest BCUT2D eigenvalue weighted by Gasteiger charge is -2.38. The van der Waals surface area contributed by atoms with Crippen molar-refractivity contribution in [2.75, 3.05) is 32.7 Å². The Labute approximate surface area is 124 Å². The zero-order valence-electron chi connectivity index (χ0n) is 13.8. The number of amides is 1. The number of nitrogens with one attached hydrogen (secondary N) is 1. The number of carbonyl (C=O) groups excluding carboxylic acids is 1.